The molecule has 5 atom stereocenters. The fraction of sp³-hybridized carbons (Fsp3) is 0.458. The van der Waals surface area contributed by atoms with Gasteiger partial charge in [0.1, 0.15) is 6.10 Å². The highest BCUT2D eigenvalue weighted by Crippen LogP contribution is 2.31. The van der Waals surface area contributed by atoms with Gasteiger partial charge in [0.15, 0.2) is 6.29 Å². The lowest BCUT2D eigenvalue weighted by molar-refractivity contribution is -0.117. The molecule has 2 aromatic rings. The number of ether oxygens (including phenoxy) is 4. The Balaban J connectivity index is 1.52. The molecule has 7 heteroatoms. The molecular weight excluding hydrogens is 400 g/mol. The Hall–Kier alpha value is -2.29. The van der Waals surface area contributed by atoms with Gasteiger partial charge >= 0.3 is 5.97 Å². The molecule has 0 amide bonds. The second-order valence-corrected chi connectivity index (χ2v) is 7.95. The van der Waals surface area contributed by atoms with Crippen LogP contribution in [0.2, 0.25) is 0 Å². The van der Waals surface area contributed by atoms with Crippen molar-refractivity contribution < 1.29 is 34.0 Å². The van der Waals surface area contributed by atoms with Gasteiger partial charge in [-0.05, 0) is 30.5 Å². The molecule has 3 aliphatic heterocycles. The van der Waals surface area contributed by atoms with Crippen LogP contribution in [0.5, 0.6) is 0 Å². The molecule has 3 aliphatic rings. The smallest absolute Gasteiger partial charge is 0.338 e. The average Bonchev–Trinajstić information content (AvgIpc) is 3.29. The van der Waals surface area contributed by atoms with Crippen molar-refractivity contribution in [1.29, 1.82) is 0 Å². The summed E-state index contributed by atoms with van der Waals surface area (Å²) in [6, 6.07) is 16.7. The molecule has 166 valence electrons. The highest BCUT2D eigenvalue weighted by atomic mass is 16.7. The summed E-state index contributed by atoms with van der Waals surface area (Å²) in [7, 11) is 0. The van der Waals surface area contributed by atoms with E-state index in [0.717, 1.165) is 11.1 Å². The van der Waals surface area contributed by atoms with Gasteiger partial charge in [-0.2, -0.15) is 0 Å². The van der Waals surface area contributed by atoms with Gasteiger partial charge in [0.25, 0.3) is 0 Å². The van der Waals surface area contributed by atoms with E-state index in [1.165, 1.54) is 0 Å². The Labute approximate surface area is 181 Å². The van der Waals surface area contributed by atoms with E-state index in [4.69, 9.17) is 18.9 Å². The van der Waals surface area contributed by atoms with Crippen molar-refractivity contribution in [3.63, 3.8) is 0 Å². The second-order valence-electron chi connectivity index (χ2n) is 7.95. The zero-order chi connectivity index (χ0) is 21.6. The molecular formula is C24H28O7. The molecule has 4 bridgehead atoms. The fourth-order valence-electron chi connectivity index (χ4n) is 3.80. The first-order valence-corrected chi connectivity index (χ1v) is 10.7. The number of fused-ring (bicyclic) bond motifs is 10. The molecule has 3 heterocycles. The SMILES string of the molecule is O=C1OCCC[C@@H](O)[C@H](O)C[C@H](OCc2ccccc2)[C@H]2CO[C@H](O2)c2ccc1cc2. The van der Waals surface area contributed by atoms with Gasteiger partial charge in [0.05, 0.1) is 43.7 Å². The van der Waals surface area contributed by atoms with Crippen molar-refractivity contribution in [1.82, 2.24) is 0 Å². The maximum absolute atomic E-state index is 12.1. The molecule has 1 fully saturated rings. The van der Waals surface area contributed by atoms with Crippen molar-refractivity contribution in [3.8, 4) is 0 Å². The Morgan fingerprint density at radius 3 is 2.55 bits per heavy atom. The van der Waals surface area contributed by atoms with Crippen molar-refractivity contribution in [2.75, 3.05) is 13.2 Å². The molecule has 7 nitrogen and oxygen atoms in total. The highest BCUT2D eigenvalue weighted by Gasteiger charge is 2.36. The molecule has 2 aromatic carbocycles. The van der Waals surface area contributed by atoms with E-state index >= 15 is 0 Å². The summed E-state index contributed by atoms with van der Waals surface area (Å²) >= 11 is 0. The van der Waals surface area contributed by atoms with Crippen LogP contribution in [-0.2, 0) is 25.6 Å². The molecule has 5 rings (SSSR count). The van der Waals surface area contributed by atoms with E-state index in [1.54, 1.807) is 24.3 Å². The summed E-state index contributed by atoms with van der Waals surface area (Å²) in [5.74, 6) is -0.422. The predicted octanol–water partition coefficient (Wildman–Crippen LogP) is 2.75. The monoisotopic (exact) mass is 428 g/mol. The maximum atomic E-state index is 12.1. The van der Waals surface area contributed by atoms with Gasteiger partial charge in [-0.1, -0.05) is 42.5 Å². The zero-order valence-corrected chi connectivity index (χ0v) is 17.3. The number of hydrogen-bond acceptors (Lipinski definition) is 7. The second kappa shape index (κ2) is 10.3. The van der Waals surface area contributed by atoms with Gasteiger partial charge < -0.3 is 29.2 Å². The first kappa shape index (κ1) is 21.9. The van der Waals surface area contributed by atoms with Crippen LogP contribution < -0.4 is 0 Å². The Morgan fingerprint density at radius 1 is 1.00 bits per heavy atom. The van der Waals surface area contributed by atoms with E-state index < -0.39 is 36.7 Å². The minimum Gasteiger partial charge on any atom is -0.462 e. The number of rotatable bonds is 3. The molecule has 0 saturated carbocycles. The van der Waals surface area contributed by atoms with Crippen molar-refractivity contribution in [3.05, 3.63) is 71.3 Å². The maximum Gasteiger partial charge on any atom is 0.338 e. The molecule has 0 aromatic heterocycles. The summed E-state index contributed by atoms with van der Waals surface area (Å²) in [5, 5.41) is 21.0. The van der Waals surface area contributed by atoms with Gasteiger partial charge in [-0.3, -0.25) is 0 Å². The van der Waals surface area contributed by atoms with Crippen LogP contribution in [0.25, 0.3) is 0 Å². The zero-order valence-electron chi connectivity index (χ0n) is 17.3. The van der Waals surface area contributed by atoms with E-state index in [0.29, 0.717) is 31.6 Å². The molecule has 0 unspecified atom stereocenters. The first-order chi connectivity index (χ1) is 15.1. The quantitative estimate of drug-likeness (QED) is 0.726. The number of aliphatic hydroxyl groups excluding tert-OH is 2. The minimum absolute atomic E-state index is 0.176. The van der Waals surface area contributed by atoms with Gasteiger partial charge in [0.2, 0.25) is 0 Å². The normalized spacial score (nSPS) is 29.6. The van der Waals surface area contributed by atoms with E-state index in [9.17, 15) is 15.0 Å². The van der Waals surface area contributed by atoms with Crippen molar-refractivity contribution in [2.45, 2.75) is 56.6 Å². The minimum atomic E-state index is -0.995. The highest BCUT2D eigenvalue weighted by molar-refractivity contribution is 5.89. The molecule has 31 heavy (non-hydrogen) atoms. The molecule has 1 saturated heterocycles. The lowest BCUT2D eigenvalue weighted by Gasteiger charge is -2.27. The Morgan fingerprint density at radius 2 is 1.77 bits per heavy atom. The predicted molar refractivity (Wildman–Crippen MR) is 111 cm³/mol. The topological polar surface area (TPSA) is 94.5 Å². The number of aliphatic hydroxyl groups is 2. The van der Waals surface area contributed by atoms with E-state index in [1.807, 2.05) is 30.3 Å². The number of benzene rings is 2. The average molecular weight is 428 g/mol. The van der Waals surface area contributed by atoms with Crippen molar-refractivity contribution in [2.24, 2.45) is 0 Å². The van der Waals surface area contributed by atoms with Gasteiger partial charge in [-0.25, -0.2) is 4.79 Å². The Kier molecular flexibility index (Phi) is 7.32. The van der Waals surface area contributed by atoms with Crippen molar-refractivity contribution >= 4 is 5.97 Å². The summed E-state index contributed by atoms with van der Waals surface area (Å²) in [6.07, 6.45) is -2.43. The van der Waals surface area contributed by atoms with Crippen LogP contribution >= 0.6 is 0 Å². The van der Waals surface area contributed by atoms with E-state index in [-0.39, 0.29) is 13.0 Å². The van der Waals surface area contributed by atoms with Crippen LogP contribution in [0.1, 0.15) is 47.0 Å². The number of carbonyl (C=O) groups is 1. The summed E-state index contributed by atoms with van der Waals surface area (Å²) in [4.78, 5) is 12.1. The third-order valence-electron chi connectivity index (χ3n) is 5.65. The number of hydrogen-bond donors (Lipinski definition) is 2. The number of esters is 1. The van der Waals surface area contributed by atoms with Gasteiger partial charge in [-0.15, -0.1) is 0 Å². The van der Waals surface area contributed by atoms with E-state index in [2.05, 4.69) is 0 Å². The van der Waals surface area contributed by atoms with Crippen LogP contribution in [0.3, 0.4) is 0 Å². The summed E-state index contributed by atoms with van der Waals surface area (Å²) in [5.41, 5.74) is 2.24. The lowest BCUT2D eigenvalue weighted by atomic mass is 10.00. The molecule has 2 N–H and O–H groups in total. The first-order valence-electron chi connectivity index (χ1n) is 10.7. The fourth-order valence-corrected chi connectivity index (χ4v) is 3.80. The van der Waals surface area contributed by atoms with Crippen LogP contribution in [-0.4, -0.2) is 53.8 Å². The van der Waals surface area contributed by atoms with Gasteiger partial charge in [0, 0.05) is 12.0 Å². The Bertz CT molecular complexity index is 839. The summed E-state index contributed by atoms with van der Waals surface area (Å²) < 4.78 is 23.3. The third-order valence-corrected chi connectivity index (χ3v) is 5.65. The molecule has 0 radical (unpaired) electrons. The standard InChI is InChI=1S/C24H28O7/c25-19-7-4-12-28-23(27)17-8-10-18(11-9-17)24-30-15-22(31-24)21(13-20(19)26)29-14-16-5-2-1-3-6-16/h1-3,5-6,8-11,19-22,24-26H,4,7,12-15H2/t19-,20-,21+,22-,24-/m1/s1. The van der Waals surface area contributed by atoms with Crippen LogP contribution in [0, 0.1) is 0 Å². The third kappa shape index (κ3) is 5.70. The number of carbonyl (C=O) groups excluding carboxylic acids is 1. The molecule has 0 aliphatic carbocycles. The lowest BCUT2D eigenvalue weighted by Crippen LogP contribution is -2.38. The van der Waals surface area contributed by atoms with Crippen LogP contribution in [0.15, 0.2) is 54.6 Å². The largest absolute Gasteiger partial charge is 0.462 e. The van der Waals surface area contributed by atoms with Crippen LogP contribution in [0.4, 0.5) is 0 Å². The molecule has 0 spiro atoms. The summed E-state index contributed by atoms with van der Waals surface area (Å²) in [6.45, 7) is 0.843.